The van der Waals surface area contributed by atoms with Crippen molar-refractivity contribution in [1.82, 2.24) is 20.1 Å². The number of halogens is 1. The molecule has 32 heavy (non-hydrogen) atoms. The van der Waals surface area contributed by atoms with Gasteiger partial charge in [-0.2, -0.15) is 5.10 Å². The van der Waals surface area contributed by atoms with E-state index in [0.29, 0.717) is 27.8 Å². The van der Waals surface area contributed by atoms with E-state index in [4.69, 9.17) is 11.6 Å². The number of hydrogen-bond donors (Lipinski definition) is 2. The van der Waals surface area contributed by atoms with Crippen LogP contribution in [-0.2, 0) is 17.9 Å². The first kappa shape index (κ1) is 21.7. The molecule has 0 spiro atoms. The lowest BCUT2D eigenvalue weighted by Crippen LogP contribution is -2.23. The van der Waals surface area contributed by atoms with Crippen molar-refractivity contribution < 1.29 is 9.59 Å². The summed E-state index contributed by atoms with van der Waals surface area (Å²) in [7, 11) is 0. The molecule has 9 heteroatoms. The van der Waals surface area contributed by atoms with Crippen molar-refractivity contribution in [2.45, 2.75) is 20.0 Å². The van der Waals surface area contributed by atoms with Crippen LogP contribution >= 0.6 is 22.9 Å². The molecule has 2 aromatic heterocycles. The number of aromatic nitrogens is 3. The fraction of sp³-hybridized carbons (Fsp3) is 0.130. The summed E-state index contributed by atoms with van der Waals surface area (Å²) in [6.45, 7) is 2.27. The lowest BCUT2D eigenvalue weighted by atomic mass is 10.2. The first-order valence-electron chi connectivity index (χ1n) is 9.86. The van der Waals surface area contributed by atoms with Crippen molar-refractivity contribution in [3.05, 3.63) is 88.1 Å². The van der Waals surface area contributed by atoms with Gasteiger partial charge < -0.3 is 10.6 Å². The first-order chi connectivity index (χ1) is 15.5. The van der Waals surface area contributed by atoms with E-state index >= 15 is 0 Å². The lowest BCUT2D eigenvalue weighted by molar-refractivity contribution is -0.116. The molecule has 0 saturated carbocycles. The summed E-state index contributed by atoms with van der Waals surface area (Å²) in [4.78, 5) is 30.0. The molecule has 0 aliphatic rings. The van der Waals surface area contributed by atoms with Gasteiger partial charge in [0.15, 0.2) is 0 Å². The molecule has 4 aromatic rings. The van der Waals surface area contributed by atoms with Gasteiger partial charge in [-0.1, -0.05) is 35.9 Å². The van der Waals surface area contributed by atoms with Crippen LogP contribution < -0.4 is 10.6 Å². The van der Waals surface area contributed by atoms with E-state index < -0.39 is 0 Å². The third-order valence-corrected chi connectivity index (χ3v) is 6.04. The Morgan fingerprint density at radius 2 is 1.97 bits per heavy atom. The fourth-order valence-electron chi connectivity index (χ4n) is 3.12. The Morgan fingerprint density at radius 1 is 1.12 bits per heavy atom. The van der Waals surface area contributed by atoms with Gasteiger partial charge in [-0.3, -0.25) is 14.3 Å². The smallest absolute Gasteiger partial charge is 0.263 e. The van der Waals surface area contributed by atoms with Crippen molar-refractivity contribution in [2.75, 3.05) is 5.32 Å². The maximum absolute atomic E-state index is 12.7. The van der Waals surface area contributed by atoms with Gasteiger partial charge in [0, 0.05) is 35.2 Å². The minimum Gasteiger partial charge on any atom is -0.347 e. The number of anilines is 1. The Balaban J connectivity index is 1.38. The van der Waals surface area contributed by atoms with Crippen molar-refractivity contribution in [2.24, 2.45) is 0 Å². The van der Waals surface area contributed by atoms with Gasteiger partial charge in [-0.15, -0.1) is 11.3 Å². The van der Waals surface area contributed by atoms with Gasteiger partial charge in [-0.05, 0) is 42.8 Å². The van der Waals surface area contributed by atoms with Crippen LogP contribution in [0.5, 0.6) is 0 Å². The maximum atomic E-state index is 12.7. The van der Waals surface area contributed by atoms with E-state index in [1.165, 1.54) is 11.3 Å². The average Bonchev–Trinajstić information content (AvgIpc) is 3.42. The van der Waals surface area contributed by atoms with Crippen molar-refractivity contribution in [3.8, 4) is 10.6 Å². The number of thiazole rings is 1. The van der Waals surface area contributed by atoms with Crippen LogP contribution in [0.25, 0.3) is 10.6 Å². The largest absolute Gasteiger partial charge is 0.347 e. The average molecular weight is 466 g/mol. The summed E-state index contributed by atoms with van der Waals surface area (Å²) in [5.41, 5.74) is 3.07. The Hall–Kier alpha value is -3.49. The van der Waals surface area contributed by atoms with Crippen molar-refractivity contribution in [1.29, 1.82) is 0 Å². The zero-order valence-electron chi connectivity index (χ0n) is 17.2. The van der Waals surface area contributed by atoms with Crippen molar-refractivity contribution >= 4 is 40.4 Å². The van der Waals surface area contributed by atoms with Crippen LogP contribution in [-0.4, -0.2) is 26.6 Å². The molecular formula is C23H20ClN5O2S. The lowest BCUT2D eigenvalue weighted by Gasteiger charge is -2.09. The molecule has 7 nitrogen and oxygen atoms in total. The minimum atomic E-state index is -0.193. The van der Waals surface area contributed by atoms with Crippen LogP contribution in [0.1, 0.15) is 20.9 Å². The molecule has 0 aliphatic heterocycles. The molecule has 2 N–H and O–H groups in total. The highest BCUT2D eigenvalue weighted by Crippen LogP contribution is 2.29. The molecule has 2 heterocycles. The number of nitrogens with zero attached hydrogens (tertiary/aromatic N) is 3. The molecule has 0 radical (unpaired) electrons. The van der Waals surface area contributed by atoms with Crippen LogP contribution in [0.4, 0.5) is 5.69 Å². The highest BCUT2D eigenvalue weighted by Gasteiger charge is 2.16. The number of carbonyl (C=O) groups excluding carboxylic acids is 2. The highest BCUT2D eigenvalue weighted by molar-refractivity contribution is 7.17. The van der Waals surface area contributed by atoms with E-state index in [2.05, 4.69) is 20.7 Å². The molecule has 0 aliphatic carbocycles. The number of hydrogen-bond acceptors (Lipinski definition) is 5. The summed E-state index contributed by atoms with van der Waals surface area (Å²) in [6, 6.07) is 16.5. The summed E-state index contributed by atoms with van der Waals surface area (Å²) < 4.78 is 1.55. The SMILES string of the molecule is Cc1nc(-c2cccc(Cl)c2)sc1C(=O)NCc1cccc(NC(=O)Cn2cccn2)c1. The number of aryl methyl sites for hydroxylation is 1. The fourth-order valence-corrected chi connectivity index (χ4v) is 4.28. The molecule has 162 valence electrons. The summed E-state index contributed by atoms with van der Waals surface area (Å²) >= 11 is 7.40. The van der Waals surface area contributed by atoms with Gasteiger partial charge in [0.05, 0.1) is 5.69 Å². The van der Waals surface area contributed by atoms with Crippen LogP contribution in [0, 0.1) is 6.92 Å². The topological polar surface area (TPSA) is 88.9 Å². The van der Waals surface area contributed by atoms with Gasteiger partial charge in [-0.25, -0.2) is 4.98 Å². The molecular weight excluding hydrogens is 446 g/mol. The predicted octanol–water partition coefficient (Wildman–Crippen LogP) is 4.54. The highest BCUT2D eigenvalue weighted by atomic mass is 35.5. The zero-order valence-corrected chi connectivity index (χ0v) is 18.8. The normalized spacial score (nSPS) is 10.7. The standard InChI is InChI=1S/C23H20ClN5O2S/c1-15-21(32-23(27-15)17-6-3-7-18(24)12-17)22(31)25-13-16-5-2-8-19(11-16)28-20(30)14-29-10-4-9-26-29/h2-12H,13-14H2,1H3,(H,25,31)(H,28,30). The number of amides is 2. The minimum absolute atomic E-state index is 0.133. The monoisotopic (exact) mass is 465 g/mol. The van der Waals surface area contributed by atoms with E-state index in [1.54, 1.807) is 35.3 Å². The second kappa shape index (κ2) is 9.76. The van der Waals surface area contributed by atoms with E-state index in [1.807, 2.05) is 43.3 Å². The number of nitrogens with one attached hydrogen (secondary N) is 2. The molecule has 0 saturated heterocycles. The predicted molar refractivity (Wildman–Crippen MR) is 126 cm³/mol. The maximum Gasteiger partial charge on any atom is 0.263 e. The number of benzene rings is 2. The van der Waals surface area contributed by atoms with Crippen LogP contribution in [0.3, 0.4) is 0 Å². The van der Waals surface area contributed by atoms with E-state index in [9.17, 15) is 9.59 Å². The molecule has 2 aromatic carbocycles. The number of rotatable bonds is 7. The quantitative estimate of drug-likeness (QED) is 0.419. The second-order valence-corrected chi connectivity index (χ2v) is 8.51. The third-order valence-electron chi connectivity index (χ3n) is 4.60. The molecule has 2 amide bonds. The van der Waals surface area contributed by atoms with Gasteiger partial charge in [0.2, 0.25) is 5.91 Å². The molecule has 0 atom stereocenters. The van der Waals surface area contributed by atoms with Crippen LogP contribution in [0.15, 0.2) is 67.0 Å². The summed E-state index contributed by atoms with van der Waals surface area (Å²) in [6.07, 6.45) is 3.35. The Kier molecular flexibility index (Phi) is 6.63. The molecule has 0 unspecified atom stereocenters. The first-order valence-corrected chi connectivity index (χ1v) is 11.0. The van der Waals surface area contributed by atoms with E-state index in [-0.39, 0.29) is 18.4 Å². The molecule has 0 fully saturated rings. The van der Waals surface area contributed by atoms with Crippen LogP contribution in [0.2, 0.25) is 5.02 Å². The molecule has 0 bridgehead atoms. The molecule has 4 rings (SSSR count). The second-order valence-electron chi connectivity index (χ2n) is 7.08. The Morgan fingerprint density at radius 3 is 2.75 bits per heavy atom. The summed E-state index contributed by atoms with van der Waals surface area (Å²) in [5.74, 6) is -0.370. The Bertz CT molecular complexity index is 1250. The van der Waals surface area contributed by atoms with Gasteiger partial charge in [0.25, 0.3) is 5.91 Å². The zero-order chi connectivity index (χ0) is 22.5. The van der Waals surface area contributed by atoms with Crippen molar-refractivity contribution in [3.63, 3.8) is 0 Å². The summed E-state index contributed by atoms with van der Waals surface area (Å²) in [5, 5.41) is 11.2. The number of carbonyl (C=O) groups is 2. The van der Waals surface area contributed by atoms with Gasteiger partial charge in [0.1, 0.15) is 16.4 Å². The Labute approximate surface area is 194 Å². The van der Waals surface area contributed by atoms with Gasteiger partial charge >= 0.3 is 0 Å². The van der Waals surface area contributed by atoms with E-state index in [0.717, 1.165) is 16.1 Å². The third kappa shape index (κ3) is 5.40.